The molecule has 1 saturated heterocycles. The van der Waals surface area contributed by atoms with E-state index in [0.29, 0.717) is 17.2 Å². The molecule has 2 rings (SSSR count). The van der Waals surface area contributed by atoms with Gasteiger partial charge in [0.2, 0.25) is 0 Å². The van der Waals surface area contributed by atoms with Crippen LogP contribution in [0, 0.1) is 5.92 Å². The molecule has 0 radical (unpaired) electrons. The van der Waals surface area contributed by atoms with Gasteiger partial charge >= 0.3 is 0 Å². The summed E-state index contributed by atoms with van der Waals surface area (Å²) in [6.45, 7) is 3.72. The maximum absolute atomic E-state index is 12.3. The first-order valence-electron chi connectivity index (χ1n) is 5.78. The Kier molecular flexibility index (Phi) is 3.52. The van der Waals surface area contributed by atoms with Gasteiger partial charge in [0, 0.05) is 13.1 Å². The molecule has 2 N–H and O–H groups in total. The van der Waals surface area contributed by atoms with Crippen LogP contribution in [-0.2, 0) is 0 Å². The number of amides is 1. The van der Waals surface area contributed by atoms with Crippen LogP contribution in [0.1, 0.15) is 30.1 Å². The number of pyridine rings is 1. The number of nitrogen functional groups attached to an aromatic ring is 1. The van der Waals surface area contributed by atoms with Crippen LogP contribution in [0.5, 0.6) is 0 Å². The van der Waals surface area contributed by atoms with Crippen LogP contribution in [0.4, 0.5) is 5.69 Å². The number of nitrogens with two attached hydrogens (primary N) is 1. The Morgan fingerprint density at radius 3 is 3.12 bits per heavy atom. The molecular formula is C12H16ClN3O. The van der Waals surface area contributed by atoms with Crippen molar-refractivity contribution in [2.75, 3.05) is 18.8 Å². The number of hydrogen-bond donors (Lipinski definition) is 1. The topological polar surface area (TPSA) is 59.2 Å². The summed E-state index contributed by atoms with van der Waals surface area (Å²) in [4.78, 5) is 18.0. The molecule has 0 aliphatic carbocycles. The number of halogens is 1. The molecule has 1 aromatic heterocycles. The average molecular weight is 254 g/mol. The van der Waals surface area contributed by atoms with E-state index in [0.717, 1.165) is 19.5 Å². The van der Waals surface area contributed by atoms with E-state index in [4.69, 9.17) is 17.3 Å². The zero-order chi connectivity index (χ0) is 12.4. The predicted octanol–water partition coefficient (Wildman–Crippen LogP) is 2.19. The fraction of sp³-hybridized carbons (Fsp3) is 0.500. The van der Waals surface area contributed by atoms with Crippen LogP contribution >= 0.6 is 11.6 Å². The summed E-state index contributed by atoms with van der Waals surface area (Å²) >= 11 is 5.93. The van der Waals surface area contributed by atoms with E-state index >= 15 is 0 Å². The van der Waals surface area contributed by atoms with Crippen LogP contribution in [0.15, 0.2) is 12.3 Å². The lowest BCUT2D eigenvalue weighted by molar-refractivity contribution is 0.0683. The minimum absolute atomic E-state index is 0.0682. The molecule has 1 aliphatic rings. The van der Waals surface area contributed by atoms with Crippen molar-refractivity contribution in [3.05, 3.63) is 23.0 Å². The lowest BCUT2D eigenvalue weighted by Gasteiger charge is -2.31. The summed E-state index contributed by atoms with van der Waals surface area (Å²) in [5.41, 5.74) is 6.49. The molecule has 4 nitrogen and oxygen atoms in total. The van der Waals surface area contributed by atoms with E-state index < -0.39 is 0 Å². The Balaban J connectivity index is 2.21. The highest BCUT2D eigenvalue weighted by atomic mass is 35.5. The Bertz CT molecular complexity index is 436. The molecular weight excluding hydrogens is 238 g/mol. The van der Waals surface area contributed by atoms with Gasteiger partial charge in [0.15, 0.2) is 0 Å². The van der Waals surface area contributed by atoms with Gasteiger partial charge in [-0.05, 0) is 24.8 Å². The van der Waals surface area contributed by atoms with Gasteiger partial charge in [0.05, 0.1) is 17.4 Å². The molecule has 2 heterocycles. The lowest BCUT2D eigenvalue weighted by atomic mass is 10.00. The number of carbonyl (C=O) groups is 1. The summed E-state index contributed by atoms with van der Waals surface area (Å²) in [5, 5.41) is 0.224. The quantitative estimate of drug-likeness (QED) is 0.781. The average Bonchev–Trinajstić information content (AvgIpc) is 2.31. The maximum atomic E-state index is 12.3. The molecule has 0 aromatic carbocycles. The minimum atomic E-state index is -0.0682. The van der Waals surface area contributed by atoms with E-state index in [9.17, 15) is 4.79 Å². The number of piperidine rings is 1. The molecule has 0 bridgehead atoms. The predicted molar refractivity (Wildman–Crippen MR) is 68.0 cm³/mol. The first-order valence-corrected chi connectivity index (χ1v) is 6.16. The van der Waals surface area contributed by atoms with Crippen LogP contribution < -0.4 is 5.73 Å². The SMILES string of the molecule is CC1CCCN(C(=O)c2cc(N)cnc2Cl)C1. The van der Waals surface area contributed by atoms with Gasteiger partial charge in [-0.2, -0.15) is 0 Å². The number of carbonyl (C=O) groups excluding carboxylic acids is 1. The second kappa shape index (κ2) is 4.92. The first kappa shape index (κ1) is 12.2. The Hall–Kier alpha value is -1.29. The van der Waals surface area contributed by atoms with Gasteiger partial charge < -0.3 is 10.6 Å². The van der Waals surface area contributed by atoms with Crippen molar-refractivity contribution in [3.8, 4) is 0 Å². The number of rotatable bonds is 1. The monoisotopic (exact) mass is 253 g/mol. The normalized spacial score (nSPS) is 20.4. The number of likely N-dealkylation sites (tertiary alicyclic amines) is 1. The van der Waals surface area contributed by atoms with Crippen LogP contribution in [0.25, 0.3) is 0 Å². The van der Waals surface area contributed by atoms with Gasteiger partial charge in [0.25, 0.3) is 5.91 Å². The van der Waals surface area contributed by atoms with E-state index in [1.54, 1.807) is 6.07 Å². The molecule has 17 heavy (non-hydrogen) atoms. The molecule has 1 amide bonds. The highest BCUT2D eigenvalue weighted by Crippen LogP contribution is 2.22. The van der Waals surface area contributed by atoms with E-state index in [1.807, 2.05) is 4.90 Å². The van der Waals surface area contributed by atoms with Crippen molar-refractivity contribution in [1.29, 1.82) is 0 Å². The second-order valence-electron chi connectivity index (χ2n) is 4.61. The van der Waals surface area contributed by atoms with Gasteiger partial charge in [-0.3, -0.25) is 4.79 Å². The zero-order valence-electron chi connectivity index (χ0n) is 9.82. The molecule has 1 aromatic rings. The second-order valence-corrected chi connectivity index (χ2v) is 4.96. The van der Waals surface area contributed by atoms with Crippen molar-refractivity contribution in [3.63, 3.8) is 0 Å². The third kappa shape index (κ3) is 2.69. The smallest absolute Gasteiger partial charge is 0.257 e. The van der Waals surface area contributed by atoms with Crippen molar-refractivity contribution in [1.82, 2.24) is 9.88 Å². The van der Waals surface area contributed by atoms with Gasteiger partial charge in [0.1, 0.15) is 5.15 Å². The molecule has 0 saturated carbocycles. The fourth-order valence-electron chi connectivity index (χ4n) is 2.16. The molecule has 0 spiro atoms. The Morgan fingerprint density at radius 1 is 1.65 bits per heavy atom. The number of aromatic nitrogens is 1. The number of anilines is 1. The van der Waals surface area contributed by atoms with Gasteiger partial charge in [-0.15, -0.1) is 0 Å². The first-order chi connectivity index (χ1) is 8.08. The van der Waals surface area contributed by atoms with Crippen molar-refractivity contribution in [2.24, 2.45) is 5.92 Å². The van der Waals surface area contributed by atoms with Crippen LogP contribution in [0.3, 0.4) is 0 Å². The van der Waals surface area contributed by atoms with Gasteiger partial charge in [-0.1, -0.05) is 18.5 Å². The summed E-state index contributed by atoms with van der Waals surface area (Å²) < 4.78 is 0. The van der Waals surface area contributed by atoms with Crippen LogP contribution in [0.2, 0.25) is 5.15 Å². The van der Waals surface area contributed by atoms with Gasteiger partial charge in [-0.25, -0.2) is 4.98 Å². The molecule has 1 atom stereocenters. The summed E-state index contributed by atoms with van der Waals surface area (Å²) in [5.74, 6) is 0.474. The number of hydrogen-bond acceptors (Lipinski definition) is 3. The zero-order valence-corrected chi connectivity index (χ0v) is 10.6. The molecule has 1 aliphatic heterocycles. The third-order valence-corrected chi connectivity index (χ3v) is 3.34. The standard InChI is InChI=1S/C12H16ClN3O/c1-8-3-2-4-16(7-8)12(17)10-5-9(14)6-15-11(10)13/h5-6,8H,2-4,7,14H2,1H3. The number of nitrogens with zero attached hydrogens (tertiary/aromatic N) is 2. The van der Waals surface area contributed by atoms with E-state index in [2.05, 4.69) is 11.9 Å². The third-order valence-electron chi connectivity index (χ3n) is 3.03. The maximum Gasteiger partial charge on any atom is 0.257 e. The fourth-order valence-corrected chi connectivity index (χ4v) is 2.34. The highest BCUT2D eigenvalue weighted by Gasteiger charge is 2.24. The summed E-state index contributed by atoms with van der Waals surface area (Å²) in [7, 11) is 0. The summed E-state index contributed by atoms with van der Waals surface area (Å²) in [6.07, 6.45) is 3.67. The van der Waals surface area contributed by atoms with Crippen molar-refractivity contribution >= 4 is 23.2 Å². The lowest BCUT2D eigenvalue weighted by Crippen LogP contribution is -2.39. The summed E-state index contributed by atoms with van der Waals surface area (Å²) in [6, 6.07) is 1.59. The van der Waals surface area contributed by atoms with E-state index in [-0.39, 0.29) is 11.1 Å². The largest absolute Gasteiger partial charge is 0.397 e. The Morgan fingerprint density at radius 2 is 2.41 bits per heavy atom. The molecule has 5 heteroatoms. The Labute approximate surface area is 106 Å². The van der Waals surface area contributed by atoms with Crippen molar-refractivity contribution < 1.29 is 4.79 Å². The van der Waals surface area contributed by atoms with Crippen molar-refractivity contribution in [2.45, 2.75) is 19.8 Å². The van der Waals surface area contributed by atoms with E-state index in [1.165, 1.54) is 12.6 Å². The highest BCUT2D eigenvalue weighted by molar-refractivity contribution is 6.32. The molecule has 1 unspecified atom stereocenters. The molecule has 92 valence electrons. The minimum Gasteiger partial charge on any atom is -0.397 e. The molecule has 1 fully saturated rings. The van der Waals surface area contributed by atoms with Crippen LogP contribution in [-0.4, -0.2) is 28.9 Å².